The van der Waals surface area contributed by atoms with Gasteiger partial charge in [-0.25, -0.2) is 9.98 Å². The number of carbonyl (C=O) groups excluding carboxylic acids is 1. The normalized spacial score (nSPS) is 17.0. The summed E-state index contributed by atoms with van der Waals surface area (Å²) in [6.07, 6.45) is 7.25. The molecule has 0 aliphatic heterocycles. The van der Waals surface area contributed by atoms with Crippen molar-refractivity contribution in [3.05, 3.63) is 34.8 Å². The van der Waals surface area contributed by atoms with Crippen molar-refractivity contribution < 1.29 is 9.53 Å². The quantitative estimate of drug-likeness (QED) is 0.363. The molecular formula is C15H18ClN3O2. The molecule has 5 nitrogen and oxygen atoms in total. The van der Waals surface area contributed by atoms with Crippen LogP contribution in [0.15, 0.2) is 29.1 Å². The maximum atomic E-state index is 10.6. The van der Waals surface area contributed by atoms with Gasteiger partial charge in [0.1, 0.15) is 5.15 Å². The summed E-state index contributed by atoms with van der Waals surface area (Å²) in [5.41, 5.74) is 6.42. The number of hydrogen-bond acceptors (Lipinski definition) is 5. The van der Waals surface area contributed by atoms with Gasteiger partial charge in [0, 0.05) is 17.7 Å². The second-order valence-electron chi connectivity index (χ2n) is 5.16. The summed E-state index contributed by atoms with van der Waals surface area (Å²) < 4.78 is 5.51. The summed E-state index contributed by atoms with van der Waals surface area (Å²) in [6, 6.07) is 3.17. The van der Waals surface area contributed by atoms with E-state index < -0.39 is 0 Å². The molecule has 0 unspecified atom stereocenters. The average Bonchev–Trinajstić information content (AvgIpc) is 3.26. The van der Waals surface area contributed by atoms with Crippen LogP contribution in [-0.2, 0) is 4.74 Å². The van der Waals surface area contributed by atoms with Gasteiger partial charge >= 0.3 is 0 Å². The van der Waals surface area contributed by atoms with Crippen LogP contribution < -0.4 is 5.73 Å². The summed E-state index contributed by atoms with van der Waals surface area (Å²) in [6.45, 7) is 2.81. The van der Waals surface area contributed by atoms with E-state index in [1.165, 1.54) is 19.1 Å². The van der Waals surface area contributed by atoms with Gasteiger partial charge in [-0.05, 0) is 31.4 Å². The molecule has 0 aromatic carbocycles. The van der Waals surface area contributed by atoms with E-state index in [0.717, 1.165) is 6.42 Å². The number of rotatable bonds is 7. The second kappa shape index (κ2) is 6.72. The SMILES string of the molecule is CCC1(COC(N)=CC=Nc2ccc(C=O)c(Cl)n2)CC1. The summed E-state index contributed by atoms with van der Waals surface area (Å²) in [7, 11) is 0. The Morgan fingerprint density at radius 2 is 2.33 bits per heavy atom. The minimum atomic E-state index is 0.131. The van der Waals surface area contributed by atoms with Gasteiger partial charge in [0.05, 0.1) is 12.2 Å². The van der Waals surface area contributed by atoms with Crippen LogP contribution in [0.4, 0.5) is 5.82 Å². The number of aromatic nitrogens is 1. The standard InChI is InChI=1S/C15H18ClN3O2/c1-2-15(6-7-15)10-21-12(17)5-8-18-13-4-3-11(9-20)14(16)19-13/h3-5,8-9H,2,6-7,10,17H2,1H3. The van der Waals surface area contributed by atoms with Crippen LogP contribution in [0.2, 0.25) is 5.15 Å². The molecule has 2 rings (SSSR count). The highest BCUT2D eigenvalue weighted by Gasteiger charge is 2.41. The molecule has 1 aromatic rings. The Hall–Kier alpha value is -1.88. The topological polar surface area (TPSA) is 77.6 Å². The van der Waals surface area contributed by atoms with Crippen molar-refractivity contribution in [3.63, 3.8) is 0 Å². The molecule has 1 fully saturated rings. The van der Waals surface area contributed by atoms with Crippen LogP contribution in [0.25, 0.3) is 0 Å². The number of carbonyl (C=O) groups is 1. The Labute approximate surface area is 128 Å². The van der Waals surface area contributed by atoms with E-state index in [0.29, 0.717) is 35.6 Å². The van der Waals surface area contributed by atoms with Crippen molar-refractivity contribution >= 4 is 29.9 Å². The van der Waals surface area contributed by atoms with Crippen LogP contribution in [-0.4, -0.2) is 24.1 Å². The van der Waals surface area contributed by atoms with Gasteiger partial charge in [-0.1, -0.05) is 18.5 Å². The maximum absolute atomic E-state index is 10.6. The number of nitrogens with zero attached hydrogens (tertiary/aromatic N) is 2. The first-order valence-electron chi connectivity index (χ1n) is 6.83. The number of pyridine rings is 1. The molecular weight excluding hydrogens is 290 g/mol. The zero-order chi connectivity index (χ0) is 15.3. The van der Waals surface area contributed by atoms with Gasteiger partial charge in [0.2, 0.25) is 0 Å². The molecule has 2 N–H and O–H groups in total. The van der Waals surface area contributed by atoms with Crippen LogP contribution in [0, 0.1) is 5.41 Å². The summed E-state index contributed by atoms with van der Waals surface area (Å²) in [5, 5.41) is 0.131. The van der Waals surface area contributed by atoms with Crippen molar-refractivity contribution in [2.75, 3.05) is 6.61 Å². The first kappa shape index (κ1) is 15.5. The fourth-order valence-electron chi connectivity index (χ4n) is 1.84. The van der Waals surface area contributed by atoms with Crippen LogP contribution in [0.3, 0.4) is 0 Å². The first-order chi connectivity index (χ1) is 10.1. The number of aliphatic imine (C=N–C) groups is 1. The second-order valence-corrected chi connectivity index (χ2v) is 5.51. The molecule has 0 amide bonds. The van der Waals surface area contributed by atoms with Crippen LogP contribution >= 0.6 is 11.6 Å². The first-order valence-corrected chi connectivity index (χ1v) is 7.21. The molecule has 0 bridgehead atoms. The molecule has 1 aliphatic carbocycles. The number of allylic oxidation sites excluding steroid dienone is 1. The minimum Gasteiger partial charge on any atom is -0.479 e. The molecule has 1 saturated carbocycles. The van der Waals surface area contributed by atoms with E-state index in [9.17, 15) is 4.79 Å². The lowest BCUT2D eigenvalue weighted by molar-refractivity contribution is 0.112. The Kier molecular flexibility index (Phi) is 4.96. The monoisotopic (exact) mass is 307 g/mol. The fourth-order valence-corrected chi connectivity index (χ4v) is 2.04. The lowest BCUT2D eigenvalue weighted by Gasteiger charge is -2.13. The van der Waals surface area contributed by atoms with Crippen LogP contribution in [0.5, 0.6) is 0 Å². The molecule has 0 spiro atoms. The van der Waals surface area contributed by atoms with Crippen molar-refractivity contribution in [1.82, 2.24) is 4.98 Å². The predicted molar refractivity (Wildman–Crippen MR) is 83.0 cm³/mol. The smallest absolute Gasteiger partial charge is 0.185 e. The van der Waals surface area contributed by atoms with Gasteiger partial charge < -0.3 is 10.5 Å². The molecule has 0 radical (unpaired) electrons. The Morgan fingerprint density at radius 1 is 1.57 bits per heavy atom. The lowest BCUT2D eigenvalue weighted by Crippen LogP contribution is -2.12. The van der Waals surface area contributed by atoms with E-state index in [4.69, 9.17) is 22.1 Å². The Morgan fingerprint density at radius 3 is 2.90 bits per heavy atom. The average molecular weight is 308 g/mol. The molecule has 21 heavy (non-hydrogen) atoms. The zero-order valence-corrected chi connectivity index (χ0v) is 12.6. The number of aldehydes is 1. The lowest BCUT2D eigenvalue weighted by atomic mass is 10.1. The largest absolute Gasteiger partial charge is 0.479 e. The van der Waals surface area contributed by atoms with E-state index in [2.05, 4.69) is 16.9 Å². The highest BCUT2D eigenvalue weighted by Crippen LogP contribution is 2.48. The number of nitrogens with two attached hydrogens (primary N) is 1. The molecule has 1 heterocycles. The number of halogens is 1. The number of ether oxygens (including phenoxy) is 1. The fraction of sp³-hybridized carbons (Fsp3) is 0.400. The van der Waals surface area contributed by atoms with Crippen molar-refractivity contribution in [2.24, 2.45) is 16.1 Å². The Balaban J connectivity index is 1.89. The highest BCUT2D eigenvalue weighted by molar-refractivity contribution is 6.31. The zero-order valence-electron chi connectivity index (χ0n) is 11.9. The van der Waals surface area contributed by atoms with E-state index in [1.807, 2.05) is 0 Å². The summed E-state index contributed by atoms with van der Waals surface area (Å²) in [5.74, 6) is 0.732. The van der Waals surface area contributed by atoms with Gasteiger partial charge in [0.25, 0.3) is 0 Å². The third kappa shape index (κ3) is 4.29. The predicted octanol–water partition coefficient (Wildman–Crippen LogP) is 3.26. The summed E-state index contributed by atoms with van der Waals surface area (Å²) >= 11 is 5.81. The van der Waals surface area contributed by atoms with E-state index >= 15 is 0 Å². The van der Waals surface area contributed by atoms with Gasteiger partial charge in [-0.2, -0.15) is 0 Å². The minimum absolute atomic E-state index is 0.131. The summed E-state index contributed by atoms with van der Waals surface area (Å²) in [4.78, 5) is 18.7. The van der Waals surface area contributed by atoms with E-state index in [-0.39, 0.29) is 5.15 Å². The van der Waals surface area contributed by atoms with E-state index in [1.54, 1.807) is 18.2 Å². The molecule has 1 aromatic heterocycles. The van der Waals surface area contributed by atoms with Gasteiger partial charge in [-0.15, -0.1) is 0 Å². The van der Waals surface area contributed by atoms with Gasteiger partial charge in [0.15, 0.2) is 18.0 Å². The van der Waals surface area contributed by atoms with Crippen molar-refractivity contribution in [2.45, 2.75) is 26.2 Å². The third-order valence-corrected chi connectivity index (χ3v) is 3.99. The molecule has 112 valence electrons. The number of hydrogen-bond donors (Lipinski definition) is 1. The highest BCUT2D eigenvalue weighted by atomic mass is 35.5. The molecule has 1 aliphatic rings. The van der Waals surface area contributed by atoms with Crippen molar-refractivity contribution in [3.8, 4) is 0 Å². The molecule has 0 atom stereocenters. The van der Waals surface area contributed by atoms with Gasteiger partial charge in [-0.3, -0.25) is 4.79 Å². The molecule has 0 saturated heterocycles. The molecule has 6 heteroatoms. The third-order valence-electron chi connectivity index (χ3n) is 3.69. The van der Waals surface area contributed by atoms with Crippen molar-refractivity contribution in [1.29, 1.82) is 0 Å². The maximum Gasteiger partial charge on any atom is 0.185 e. The Bertz CT molecular complexity index is 580. The van der Waals surface area contributed by atoms with Crippen LogP contribution in [0.1, 0.15) is 36.5 Å².